The minimum Gasteiger partial charge on any atom is -0.497 e. The van der Waals surface area contributed by atoms with Crippen LogP contribution in [0.15, 0.2) is 23.8 Å². The van der Waals surface area contributed by atoms with Gasteiger partial charge < -0.3 is 4.74 Å². The highest BCUT2D eigenvalue weighted by Gasteiger charge is 2.22. The first-order valence-electron chi connectivity index (χ1n) is 5.57. The molecule has 1 aliphatic carbocycles. The lowest BCUT2D eigenvalue weighted by Gasteiger charge is -2.03. The van der Waals surface area contributed by atoms with Crippen molar-refractivity contribution < 1.29 is 9.53 Å². The van der Waals surface area contributed by atoms with E-state index in [1.807, 2.05) is 32.0 Å². The maximum absolute atomic E-state index is 11.8. The summed E-state index contributed by atoms with van der Waals surface area (Å²) in [6.45, 7) is 3.94. The van der Waals surface area contributed by atoms with E-state index < -0.39 is 0 Å². The van der Waals surface area contributed by atoms with Crippen LogP contribution in [-0.2, 0) is 11.2 Å². The first-order valence-corrected chi connectivity index (χ1v) is 5.57. The standard InChI is InChI=1S/C14H16O2/c1-4-14(15)13-8-10-7-11(16-3)5-6-12(10)9(13)2/h5-7H,4,8H2,1-3H3. The van der Waals surface area contributed by atoms with E-state index in [0.29, 0.717) is 6.42 Å². The quantitative estimate of drug-likeness (QED) is 0.776. The molecule has 0 atom stereocenters. The monoisotopic (exact) mass is 216 g/mol. The molecular formula is C14H16O2. The molecule has 0 saturated heterocycles. The van der Waals surface area contributed by atoms with Gasteiger partial charge in [0.15, 0.2) is 5.78 Å². The summed E-state index contributed by atoms with van der Waals surface area (Å²) >= 11 is 0. The number of rotatable bonds is 3. The summed E-state index contributed by atoms with van der Waals surface area (Å²) in [5.41, 5.74) is 4.49. The first kappa shape index (κ1) is 10.9. The third-order valence-electron chi connectivity index (χ3n) is 3.19. The van der Waals surface area contributed by atoms with E-state index >= 15 is 0 Å². The second-order valence-electron chi connectivity index (χ2n) is 4.08. The van der Waals surface area contributed by atoms with E-state index in [9.17, 15) is 4.79 Å². The van der Waals surface area contributed by atoms with Crippen molar-refractivity contribution in [2.75, 3.05) is 7.11 Å². The topological polar surface area (TPSA) is 26.3 Å². The van der Waals surface area contributed by atoms with Crippen LogP contribution < -0.4 is 4.74 Å². The van der Waals surface area contributed by atoms with Gasteiger partial charge in [0.05, 0.1) is 7.11 Å². The number of carbonyl (C=O) groups is 1. The summed E-state index contributed by atoms with van der Waals surface area (Å²) in [5, 5.41) is 0. The maximum atomic E-state index is 11.8. The fraction of sp³-hybridized carbons (Fsp3) is 0.357. The molecule has 0 aromatic heterocycles. The average Bonchev–Trinajstić information content (AvgIpc) is 2.65. The van der Waals surface area contributed by atoms with Crippen molar-refractivity contribution in [3.05, 3.63) is 34.9 Å². The largest absolute Gasteiger partial charge is 0.497 e. The Kier molecular flexibility index (Phi) is 2.82. The molecule has 2 heteroatoms. The molecule has 0 amide bonds. The summed E-state index contributed by atoms with van der Waals surface area (Å²) in [6.07, 6.45) is 1.34. The fourth-order valence-corrected chi connectivity index (χ4v) is 2.22. The number of ketones is 1. The second kappa shape index (κ2) is 4.12. The van der Waals surface area contributed by atoms with Gasteiger partial charge >= 0.3 is 0 Å². The Bertz CT molecular complexity index is 470. The molecule has 84 valence electrons. The lowest BCUT2D eigenvalue weighted by Crippen LogP contribution is -2.01. The number of allylic oxidation sites excluding steroid dienone is 2. The fourth-order valence-electron chi connectivity index (χ4n) is 2.22. The summed E-state index contributed by atoms with van der Waals surface area (Å²) in [7, 11) is 1.66. The van der Waals surface area contributed by atoms with Crippen molar-refractivity contribution in [2.45, 2.75) is 26.7 Å². The van der Waals surface area contributed by atoms with E-state index in [0.717, 1.165) is 23.3 Å². The molecule has 0 radical (unpaired) electrons. The number of hydrogen-bond acceptors (Lipinski definition) is 2. The Balaban J connectivity index is 2.40. The molecule has 2 rings (SSSR count). The number of carbonyl (C=O) groups excluding carboxylic acids is 1. The predicted molar refractivity (Wildman–Crippen MR) is 64.6 cm³/mol. The average molecular weight is 216 g/mol. The molecular weight excluding hydrogens is 200 g/mol. The lowest BCUT2D eigenvalue weighted by molar-refractivity contribution is -0.115. The number of methoxy groups -OCH3 is 1. The zero-order valence-electron chi connectivity index (χ0n) is 9.96. The summed E-state index contributed by atoms with van der Waals surface area (Å²) < 4.78 is 5.19. The second-order valence-corrected chi connectivity index (χ2v) is 4.08. The van der Waals surface area contributed by atoms with Gasteiger partial charge in [-0.3, -0.25) is 4.79 Å². The Morgan fingerprint density at radius 2 is 2.19 bits per heavy atom. The highest BCUT2D eigenvalue weighted by molar-refractivity contribution is 6.04. The Hall–Kier alpha value is -1.57. The van der Waals surface area contributed by atoms with Crippen molar-refractivity contribution in [3.63, 3.8) is 0 Å². The molecule has 0 bridgehead atoms. The highest BCUT2D eigenvalue weighted by atomic mass is 16.5. The van der Waals surface area contributed by atoms with Crippen LogP contribution >= 0.6 is 0 Å². The van der Waals surface area contributed by atoms with Crippen molar-refractivity contribution in [3.8, 4) is 5.75 Å². The minimum atomic E-state index is 0.257. The molecule has 1 aromatic rings. The van der Waals surface area contributed by atoms with Gasteiger partial charge in [0.25, 0.3) is 0 Å². The first-order chi connectivity index (χ1) is 7.67. The highest BCUT2D eigenvalue weighted by Crippen LogP contribution is 2.35. The van der Waals surface area contributed by atoms with Crippen LogP contribution in [0.4, 0.5) is 0 Å². The minimum absolute atomic E-state index is 0.257. The molecule has 0 unspecified atom stereocenters. The van der Waals surface area contributed by atoms with E-state index in [-0.39, 0.29) is 5.78 Å². The zero-order chi connectivity index (χ0) is 11.7. The maximum Gasteiger partial charge on any atom is 0.159 e. The van der Waals surface area contributed by atoms with E-state index in [2.05, 4.69) is 0 Å². The molecule has 1 aromatic carbocycles. The summed E-state index contributed by atoms with van der Waals surface area (Å²) in [4.78, 5) is 11.8. The van der Waals surface area contributed by atoms with Gasteiger partial charge in [-0.05, 0) is 35.8 Å². The van der Waals surface area contributed by atoms with Crippen molar-refractivity contribution in [1.82, 2.24) is 0 Å². The number of Topliss-reactive ketones (excluding diaryl/α,β-unsaturated/α-hetero) is 1. The van der Waals surface area contributed by atoms with Crippen molar-refractivity contribution in [1.29, 1.82) is 0 Å². The summed E-state index contributed by atoms with van der Waals surface area (Å²) in [6, 6.07) is 6.01. The molecule has 16 heavy (non-hydrogen) atoms. The van der Waals surface area contributed by atoms with Gasteiger partial charge in [-0.1, -0.05) is 13.0 Å². The lowest BCUT2D eigenvalue weighted by atomic mass is 10.0. The van der Waals surface area contributed by atoms with E-state index in [1.54, 1.807) is 7.11 Å². The van der Waals surface area contributed by atoms with Crippen LogP contribution in [0.25, 0.3) is 5.57 Å². The van der Waals surface area contributed by atoms with Crippen LogP contribution in [0.5, 0.6) is 5.75 Å². The van der Waals surface area contributed by atoms with E-state index in [1.165, 1.54) is 11.1 Å². The van der Waals surface area contributed by atoms with Crippen LogP contribution in [0, 0.1) is 0 Å². The SMILES string of the molecule is CCC(=O)C1=C(C)c2ccc(OC)cc2C1. The van der Waals surface area contributed by atoms with E-state index in [4.69, 9.17) is 4.74 Å². The molecule has 0 spiro atoms. The third kappa shape index (κ3) is 1.64. The van der Waals surface area contributed by atoms with Crippen LogP contribution in [0.1, 0.15) is 31.4 Å². The van der Waals surface area contributed by atoms with Crippen LogP contribution in [0.2, 0.25) is 0 Å². The van der Waals surface area contributed by atoms with Crippen LogP contribution in [0.3, 0.4) is 0 Å². The molecule has 0 aliphatic heterocycles. The molecule has 1 aliphatic rings. The van der Waals surface area contributed by atoms with Crippen molar-refractivity contribution >= 4 is 11.4 Å². The molecule has 0 heterocycles. The van der Waals surface area contributed by atoms with Crippen molar-refractivity contribution in [2.24, 2.45) is 0 Å². The molecule has 2 nitrogen and oxygen atoms in total. The van der Waals surface area contributed by atoms with Gasteiger partial charge in [0, 0.05) is 18.4 Å². The number of benzene rings is 1. The number of ether oxygens (including phenoxy) is 1. The Labute approximate surface area is 95.9 Å². The zero-order valence-corrected chi connectivity index (χ0v) is 9.96. The van der Waals surface area contributed by atoms with Gasteiger partial charge in [-0.2, -0.15) is 0 Å². The molecule has 0 N–H and O–H groups in total. The Morgan fingerprint density at radius 3 is 2.81 bits per heavy atom. The normalized spacial score (nSPS) is 13.9. The van der Waals surface area contributed by atoms with Gasteiger partial charge in [0.1, 0.15) is 5.75 Å². The molecule has 0 saturated carbocycles. The smallest absolute Gasteiger partial charge is 0.159 e. The third-order valence-corrected chi connectivity index (χ3v) is 3.19. The summed E-state index contributed by atoms with van der Waals surface area (Å²) in [5.74, 6) is 1.12. The van der Waals surface area contributed by atoms with Gasteiger partial charge in [0.2, 0.25) is 0 Å². The molecule has 0 fully saturated rings. The van der Waals surface area contributed by atoms with Gasteiger partial charge in [-0.15, -0.1) is 0 Å². The predicted octanol–water partition coefficient (Wildman–Crippen LogP) is 3.00. The number of fused-ring (bicyclic) bond motifs is 1. The van der Waals surface area contributed by atoms with Gasteiger partial charge in [-0.25, -0.2) is 0 Å². The Morgan fingerprint density at radius 1 is 1.44 bits per heavy atom. The van der Waals surface area contributed by atoms with Crippen LogP contribution in [-0.4, -0.2) is 12.9 Å². The number of hydrogen-bond donors (Lipinski definition) is 0.